The molecular formula is C15H18FN3. The number of likely N-dealkylation sites (tertiary alicyclic amines) is 1. The van der Waals surface area contributed by atoms with Crippen molar-refractivity contribution in [2.75, 3.05) is 13.1 Å². The molecule has 0 amide bonds. The molecule has 1 aliphatic rings. The van der Waals surface area contributed by atoms with E-state index in [1.807, 2.05) is 6.07 Å². The normalized spacial score (nSPS) is 24.2. The van der Waals surface area contributed by atoms with Gasteiger partial charge in [0, 0.05) is 37.3 Å². The van der Waals surface area contributed by atoms with Crippen LogP contribution in [-0.2, 0) is 6.54 Å². The van der Waals surface area contributed by atoms with Gasteiger partial charge in [-0.2, -0.15) is 0 Å². The number of aromatic nitrogens is 1. The first-order chi connectivity index (χ1) is 9.15. The number of hydrogen-bond donors (Lipinski definition) is 1. The molecule has 0 aliphatic carbocycles. The number of nitrogens with zero attached hydrogens (tertiary/aromatic N) is 2. The molecule has 1 aromatic heterocycles. The van der Waals surface area contributed by atoms with Crippen molar-refractivity contribution in [2.45, 2.75) is 19.5 Å². The molecule has 1 saturated heterocycles. The lowest BCUT2D eigenvalue weighted by atomic mass is 10.1. The van der Waals surface area contributed by atoms with E-state index in [4.69, 9.17) is 5.73 Å². The summed E-state index contributed by atoms with van der Waals surface area (Å²) in [5.41, 5.74) is 7.87. The fraction of sp³-hybridized carbons (Fsp3) is 0.400. The molecule has 4 heteroatoms. The van der Waals surface area contributed by atoms with E-state index < -0.39 is 0 Å². The quantitative estimate of drug-likeness (QED) is 0.898. The number of rotatable bonds is 2. The molecule has 0 spiro atoms. The van der Waals surface area contributed by atoms with E-state index in [1.165, 1.54) is 6.07 Å². The van der Waals surface area contributed by atoms with Crippen LogP contribution in [-0.4, -0.2) is 29.0 Å². The Morgan fingerprint density at radius 1 is 1.37 bits per heavy atom. The third-order valence-electron chi connectivity index (χ3n) is 3.94. The minimum atomic E-state index is -0.210. The van der Waals surface area contributed by atoms with Gasteiger partial charge in [-0.05, 0) is 29.7 Å². The van der Waals surface area contributed by atoms with Crippen LogP contribution in [0.2, 0.25) is 0 Å². The zero-order valence-electron chi connectivity index (χ0n) is 11.0. The van der Waals surface area contributed by atoms with Crippen molar-refractivity contribution in [1.29, 1.82) is 0 Å². The highest BCUT2D eigenvalue weighted by Gasteiger charge is 2.26. The molecule has 0 saturated carbocycles. The molecule has 3 nitrogen and oxygen atoms in total. The van der Waals surface area contributed by atoms with Crippen molar-refractivity contribution in [3.63, 3.8) is 0 Å². The maximum atomic E-state index is 13.7. The van der Waals surface area contributed by atoms with Gasteiger partial charge in [-0.3, -0.25) is 9.88 Å². The van der Waals surface area contributed by atoms with E-state index in [9.17, 15) is 4.39 Å². The van der Waals surface area contributed by atoms with Crippen LogP contribution in [0.1, 0.15) is 12.5 Å². The number of benzene rings is 1. The van der Waals surface area contributed by atoms with E-state index in [1.54, 1.807) is 18.3 Å². The molecule has 2 atom stereocenters. The topological polar surface area (TPSA) is 42.2 Å². The molecule has 2 N–H and O–H groups in total. The highest BCUT2D eigenvalue weighted by molar-refractivity contribution is 5.82. The Labute approximate surface area is 112 Å². The standard InChI is InChI=1S/C15H18FN3/c1-10-7-19(9-14(10)17)8-11-4-5-13(16)12-3-2-6-18-15(11)12/h2-6,10,14H,7-9,17H2,1H3. The summed E-state index contributed by atoms with van der Waals surface area (Å²) in [6.45, 7) is 4.84. The first-order valence-electron chi connectivity index (χ1n) is 6.65. The Bertz CT molecular complexity index is 589. The van der Waals surface area contributed by atoms with E-state index in [0.29, 0.717) is 11.3 Å². The lowest BCUT2D eigenvalue weighted by Crippen LogP contribution is -2.28. The molecule has 1 fully saturated rings. The highest BCUT2D eigenvalue weighted by atomic mass is 19.1. The first-order valence-corrected chi connectivity index (χ1v) is 6.65. The predicted octanol–water partition coefficient (Wildman–Crippen LogP) is 2.15. The van der Waals surface area contributed by atoms with Crippen LogP contribution >= 0.6 is 0 Å². The first kappa shape index (κ1) is 12.5. The van der Waals surface area contributed by atoms with Crippen LogP contribution in [0.3, 0.4) is 0 Å². The number of hydrogen-bond acceptors (Lipinski definition) is 3. The summed E-state index contributed by atoms with van der Waals surface area (Å²) in [6.07, 6.45) is 1.71. The zero-order valence-corrected chi connectivity index (χ0v) is 11.0. The second-order valence-corrected chi connectivity index (χ2v) is 5.44. The molecule has 2 unspecified atom stereocenters. The van der Waals surface area contributed by atoms with Gasteiger partial charge in [-0.1, -0.05) is 13.0 Å². The highest BCUT2D eigenvalue weighted by Crippen LogP contribution is 2.23. The summed E-state index contributed by atoms with van der Waals surface area (Å²) in [5.74, 6) is 0.304. The fourth-order valence-electron chi connectivity index (χ4n) is 2.79. The molecule has 1 aromatic carbocycles. The fourth-order valence-corrected chi connectivity index (χ4v) is 2.79. The van der Waals surface area contributed by atoms with Gasteiger partial charge in [0.05, 0.1) is 5.52 Å². The molecule has 1 aliphatic heterocycles. The van der Waals surface area contributed by atoms with E-state index in [-0.39, 0.29) is 11.9 Å². The van der Waals surface area contributed by atoms with Gasteiger partial charge in [0.1, 0.15) is 5.82 Å². The third-order valence-corrected chi connectivity index (χ3v) is 3.94. The Hall–Kier alpha value is -1.52. The average Bonchev–Trinajstić information content (AvgIpc) is 2.72. The second kappa shape index (κ2) is 4.87. The monoisotopic (exact) mass is 259 g/mol. The van der Waals surface area contributed by atoms with Crippen LogP contribution < -0.4 is 5.73 Å². The molecule has 3 rings (SSSR count). The summed E-state index contributed by atoms with van der Waals surface area (Å²) in [4.78, 5) is 6.64. The molecule has 2 aromatic rings. The summed E-state index contributed by atoms with van der Waals surface area (Å²) in [6, 6.07) is 7.14. The van der Waals surface area contributed by atoms with Gasteiger partial charge < -0.3 is 5.73 Å². The lowest BCUT2D eigenvalue weighted by molar-refractivity contribution is 0.320. The predicted molar refractivity (Wildman–Crippen MR) is 74.1 cm³/mol. The van der Waals surface area contributed by atoms with Gasteiger partial charge in [-0.15, -0.1) is 0 Å². The van der Waals surface area contributed by atoms with Crippen molar-refractivity contribution in [3.8, 4) is 0 Å². The Kier molecular flexibility index (Phi) is 3.21. The maximum Gasteiger partial charge on any atom is 0.132 e. The molecule has 0 bridgehead atoms. The SMILES string of the molecule is CC1CN(Cc2ccc(F)c3cccnc23)CC1N. The second-order valence-electron chi connectivity index (χ2n) is 5.44. The van der Waals surface area contributed by atoms with Gasteiger partial charge in [0.2, 0.25) is 0 Å². The Morgan fingerprint density at radius 3 is 2.95 bits per heavy atom. The largest absolute Gasteiger partial charge is 0.326 e. The van der Waals surface area contributed by atoms with Crippen molar-refractivity contribution in [3.05, 3.63) is 41.8 Å². The van der Waals surface area contributed by atoms with Crippen molar-refractivity contribution in [1.82, 2.24) is 9.88 Å². The van der Waals surface area contributed by atoms with E-state index in [0.717, 1.165) is 30.7 Å². The van der Waals surface area contributed by atoms with Crippen LogP contribution in [0.25, 0.3) is 10.9 Å². The molecule has 2 heterocycles. The van der Waals surface area contributed by atoms with Gasteiger partial charge in [-0.25, -0.2) is 4.39 Å². The average molecular weight is 259 g/mol. The molecule has 100 valence electrons. The van der Waals surface area contributed by atoms with Gasteiger partial charge in [0.25, 0.3) is 0 Å². The summed E-state index contributed by atoms with van der Waals surface area (Å²) in [5, 5.41) is 0.594. The molecule has 19 heavy (non-hydrogen) atoms. The van der Waals surface area contributed by atoms with Crippen LogP contribution in [0.4, 0.5) is 4.39 Å². The minimum absolute atomic E-state index is 0.210. The number of nitrogens with two attached hydrogens (primary N) is 1. The van der Waals surface area contributed by atoms with E-state index >= 15 is 0 Å². The number of fused-ring (bicyclic) bond motifs is 1. The van der Waals surface area contributed by atoms with Crippen LogP contribution in [0.15, 0.2) is 30.5 Å². The van der Waals surface area contributed by atoms with Gasteiger partial charge in [0.15, 0.2) is 0 Å². The van der Waals surface area contributed by atoms with E-state index in [2.05, 4.69) is 16.8 Å². The van der Waals surface area contributed by atoms with Crippen molar-refractivity contribution >= 4 is 10.9 Å². The maximum absolute atomic E-state index is 13.7. The summed E-state index contributed by atoms with van der Waals surface area (Å²) >= 11 is 0. The van der Waals surface area contributed by atoms with Crippen molar-refractivity contribution in [2.24, 2.45) is 11.7 Å². The zero-order chi connectivity index (χ0) is 13.4. The van der Waals surface area contributed by atoms with Gasteiger partial charge >= 0.3 is 0 Å². The Balaban J connectivity index is 1.92. The molecular weight excluding hydrogens is 241 g/mol. The van der Waals surface area contributed by atoms with Crippen LogP contribution in [0.5, 0.6) is 0 Å². The number of pyridine rings is 1. The lowest BCUT2D eigenvalue weighted by Gasteiger charge is -2.16. The summed E-state index contributed by atoms with van der Waals surface area (Å²) < 4.78 is 13.7. The summed E-state index contributed by atoms with van der Waals surface area (Å²) in [7, 11) is 0. The van der Waals surface area contributed by atoms with Crippen molar-refractivity contribution < 1.29 is 4.39 Å². The number of halogens is 1. The Morgan fingerprint density at radius 2 is 2.21 bits per heavy atom. The minimum Gasteiger partial charge on any atom is -0.326 e. The third kappa shape index (κ3) is 2.33. The van der Waals surface area contributed by atoms with Crippen LogP contribution in [0, 0.1) is 11.7 Å². The smallest absolute Gasteiger partial charge is 0.132 e. The molecule has 0 radical (unpaired) electrons.